The molecule has 32 heavy (non-hydrogen) atoms. The Morgan fingerprint density at radius 1 is 1.00 bits per heavy atom. The van der Waals surface area contributed by atoms with Gasteiger partial charge in [0.1, 0.15) is 0 Å². The highest BCUT2D eigenvalue weighted by molar-refractivity contribution is 8.01. The van der Waals surface area contributed by atoms with E-state index < -0.39 is 0 Å². The SMILES string of the molecule is CCN(c1ccc(NC(=O)CSc2nnc(Nc3ccc(C(C)C)cc3)s2)cc1)C(C)C. The molecule has 1 heterocycles. The third-order valence-electron chi connectivity index (χ3n) is 5.01. The number of hydrogen-bond acceptors (Lipinski definition) is 7. The van der Waals surface area contributed by atoms with Crippen molar-refractivity contribution in [3.05, 3.63) is 54.1 Å². The first-order chi connectivity index (χ1) is 15.4. The van der Waals surface area contributed by atoms with E-state index in [9.17, 15) is 4.79 Å². The molecule has 170 valence electrons. The molecule has 3 aromatic rings. The summed E-state index contributed by atoms with van der Waals surface area (Å²) in [6.45, 7) is 11.8. The predicted molar refractivity (Wildman–Crippen MR) is 138 cm³/mol. The highest BCUT2D eigenvalue weighted by Crippen LogP contribution is 2.28. The fourth-order valence-electron chi connectivity index (χ4n) is 3.30. The number of nitrogens with zero attached hydrogens (tertiary/aromatic N) is 3. The van der Waals surface area contributed by atoms with E-state index in [0.717, 1.165) is 27.9 Å². The number of rotatable bonds is 10. The van der Waals surface area contributed by atoms with Crippen molar-refractivity contribution in [3.8, 4) is 0 Å². The Morgan fingerprint density at radius 2 is 1.66 bits per heavy atom. The van der Waals surface area contributed by atoms with Crippen LogP contribution in [0.4, 0.5) is 22.2 Å². The van der Waals surface area contributed by atoms with Gasteiger partial charge in [0.15, 0.2) is 4.34 Å². The lowest BCUT2D eigenvalue weighted by molar-refractivity contribution is -0.113. The normalized spacial score (nSPS) is 11.1. The van der Waals surface area contributed by atoms with Gasteiger partial charge in [0, 0.05) is 29.6 Å². The summed E-state index contributed by atoms with van der Waals surface area (Å²) >= 11 is 2.83. The van der Waals surface area contributed by atoms with E-state index in [4.69, 9.17) is 0 Å². The number of hydrogen-bond donors (Lipinski definition) is 2. The van der Waals surface area contributed by atoms with Crippen molar-refractivity contribution in [3.63, 3.8) is 0 Å². The molecule has 0 bridgehead atoms. The van der Waals surface area contributed by atoms with Crippen LogP contribution in [0.2, 0.25) is 0 Å². The summed E-state index contributed by atoms with van der Waals surface area (Å²) in [5.74, 6) is 0.726. The van der Waals surface area contributed by atoms with Crippen LogP contribution in [0.25, 0.3) is 0 Å². The zero-order valence-corrected chi connectivity index (χ0v) is 20.9. The second-order valence-corrected chi connectivity index (χ2v) is 10.2. The van der Waals surface area contributed by atoms with Gasteiger partial charge in [-0.3, -0.25) is 4.79 Å². The van der Waals surface area contributed by atoms with Crippen LogP contribution in [0.15, 0.2) is 52.9 Å². The molecule has 1 aromatic heterocycles. The zero-order valence-electron chi connectivity index (χ0n) is 19.3. The minimum Gasteiger partial charge on any atom is -0.369 e. The van der Waals surface area contributed by atoms with Gasteiger partial charge in [-0.2, -0.15) is 0 Å². The minimum absolute atomic E-state index is 0.0621. The molecule has 0 aliphatic carbocycles. The molecular formula is C24H31N5OS2. The quantitative estimate of drug-likeness (QED) is 0.336. The summed E-state index contributed by atoms with van der Waals surface area (Å²) in [5, 5.41) is 15.3. The third-order valence-corrected chi connectivity index (χ3v) is 6.98. The second-order valence-electron chi connectivity index (χ2n) is 8.04. The second kappa shape index (κ2) is 11.3. The maximum absolute atomic E-state index is 12.4. The number of benzene rings is 2. The Bertz CT molecular complexity index is 1000. The lowest BCUT2D eigenvalue weighted by Crippen LogP contribution is -2.30. The van der Waals surface area contributed by atoms with E-state index in [1.807, 2.05) is 36.4 Å². The zero-order chi connectivity index (χ0) is 23.1. The van der Waals surface area contributed by atoms with Gasteiger partial charge >= 0.3 is 0 Å². The minimum atomic E-state index is -0.0621. The molecule has 0 aliphatic rings. The Labute approximate surface area is 198 Å². The predicted octanol–water partition coefficient (Wildman–Crippen LogP) is 6.37. The average molecular weight is 470 g/mol. The summed E-state index contributed by atoms with van der Waals surface area (Å²) in [7, 11) is 0. The first kappa shape index (κ1) is 24.1. The van der Waals surface area contributed by atoms with Crippen LogP contribution in [0.1, 0.15) is 46.1 Å². The van der Waals surface area contributed by atoms with E-state index >= 15 is 0 Å². The van der Waals surface area contributed by atoms with Crippen molar-refractivity contribution in [2.75, 3.05) is 27.8 Å². The molecule has 6 nitrogen and oxygen atoms in total. The lowest BCUT2D eigenvalue weighted by atomic mass is 10.0. The van der Waals surface area contributed by atoms with Crippen molar-refractivity contribution in [2.24, 2.45) is 0 Å². The first-order valence-corrected chi connectivity index (χ1v) is 12.7. The van der Waals surface area contributed by atoms with E-state index in [2.05, 4.69) is 72.5 Å². The monoisotopic (exact) mass is 469 g/mol. The molecular weight excluding hydrogens is 438 g/mol. The van der Waals surface area contributed by atoms with Crippen LogP contribution in [0.5, 0.6) is 0 Å². The third kappa shape index (κ3) is 6.71. The van der Waals surface area contributed by atoms with Crippen LogP contribution in [0.3, 0.4) is 0 Å². The van der Waals surface area contributed by atoms with E-state index in [0.29, 0.717) is 17.1 Å². The highest BCUT2D eigenvalue weighted by Gasteiger charge is 2.11. The summed E-state index contributed by atoms with van der Waals surface area (Å²) in [4.78, 5) is 14.7. The smallest absolute Gasteiger partial charge is 0.234 e. The van der Waals surface area contributed by atoms with Gasteiger partial charge < -0.3 is 15.5 Å². The van der Waals surface area contributed by atoms with Gasteiger partial charge in [-0.1, -0.05) is 49.1 Å². The number of nitrogens with one attached hydrogen (secondary N) is 2. The number of amides is 1. The molecule has 0 spiro atoms. The molecule has 0 unspecified atom stereocenters. The van der Waals surface area contributed by atoms with E-state index in [1.165, 1.54) is 28.7 Å². The molecule has 0 radical (unpaired) electrons. The van der Waals surface area contributed by atoms with E-state index in [-0.39, 0.29) is 11.7 Å². The average Bonchev–Trinajstić information content (AvgIpc) is 3.21. The van der Waals surface area contributed by atoms with Crippen molar-refractivity contribution in [1.82, 2.24) is 10.2 Å². The molecule has 0 atom stereocenters. The van der Waals surface area contributed by atoms with E-state index in [1.54, 1.807) is 0 Å². The van der Waals surface area contributed by atoms with Crippen molar-refractivity contribution in [1.29, 1.82) is 0 Å². The van der Waals surface area contributed by atoms with Gasteiger partial charge in [-0.15, -0.1) is 10.2 Å². The lowest BCUT2D eigenvalue weighted by Gasteiger charge is -2.27. The molecule has 3 rings (SSSR count). The van der Waals surface area contributed by atoms with Crippen LogP contribution in [-0.2, 0) is 4.79 Å². The van der Waals surface area contributed by atoms with Gasteiger partial charge in [0.2, 0.25) is 11.0 Å². The standard InChI is InChI=1S/C24H31N5OS2/c1-6-29(17(4)5)21-13-11-19(12-14-21)25-22(30)15-31-24-28-27-23(32-24)26-20-9-7-18(8-10-20)16(2)3/h7-14,16-17H,6,15H2,1-5H3,(H,25,30)(H,26,27). The van der Waals surface area contributed by atoms with Crippen LogP contribution >= 0.6 is 23.1 Å². The highest BCUT2D eigenvalue weighted by atomic mass is 32.2. The summed E-state index contributed by atoms with van der Waals surface area (Å²) in [6, 6.07) is 16.7. The van der Waals surface area contributed by atoms with Gasteiger partial charge in [0.05, 0.1) is 5.75 Å². The summed E-state index contributed by atoms with van der Waals surface area (Å²) < 4.78 is 0.757. The molecule has 1 amide bonds. The number of carbonyl (C=O) groups is 1. The Morgan fingerprint density at radius 3 is 2.25 bits per heavy atom. The van der Waals surface area contributed by atoms with Crippen LogP contribution in [0, 0.1) is 0 Å². The maximum Gasteiger partial charge on any atom is 0.234 e. The largest absolute Gasteiger partial charge is 0.369 e. The van der Waals surface area contributed by atoms with Gasteiger partial charge in [-0.05, 0) is 68.7 Å². The molecule has 0 fully saturated rings. The molecule has 0 saturated carbocycles. The molecule has 2 N–H and O–H groups in total. The molecule has 0 aliphatic heterocycles. The fourth-order valence-corrected chi connectivity index (χ4v) is 4.87. The molecule has 2 aromatic carbocycles. The summed E-state index contributed by atoms with van der Waals surface area (Å²) in [5.41, 5.74) is 4.22. The first-order valence-electron chi connectivity index (χ1n) is 10.9. The Kier molecular flexibility index (Phi) is 8.53. The topological polar surface area (TPSA) is 70.2 Å². The van der Waals surface area contributed by atoms with Crippen molar-refractivity contribution < 1.29 is 4.79 Å². The molecule has 0 saturated heterocycles. The number of thioether (sulfide) groups is 1. The summed E-state index contributed by atoms with van der Waals surface area (Å²) in [6.07, 6.45) is 0. The fraction of sp³-hybridized carbons (Fsp3) is 0.375. The van der Waals surface area contributed by atoms with Crippen molar-refractivity contribution in [2.45, 2.75) is 50.9 Å². The van der Waals surface area contributed by atoms with Crippen LogP contribution in [-0.4, -0.2) is 34.4 Å². The van der Waals surface area contributed by atoms with Gasteiger partial charge in [-0.25, -0.2) is 0 Å². The number of anilines is 4. The number of aromatic nitrogens is 2. The Balaban J connectivity index is 1.48. The van der Waals surface area contributed by atoms with Crippen LogP contribution < -0.4 is 15.5 Å². The maximum atomic E-state index is 12.4. The Hall–Kier alpha value is -2.58. The molecule has 8 heteroatoms. The number of carbonyl (C=O) groups excluding carboxylic acids is 1. The van der Waals surface area contributed by atoms with Crippen molar-refractivity contribution >= 4 is 51.2 Å². The van der Waals surface area contributed by atoms with Gasteiger partial charge in [0.25, 0.3) is 0 Å².